The van der Waals surface area contributed by atoms with Gasteiger partial charge in [0.25, 0.3) is 0 Å². The first-order valence-corrected chi connectivity index (χ1v) is 14.1. The molecule has 0 heterocycles. The summed E-state index contributed by atoms with van der Waals surface area (Å²) in [5.74, 6) is 1.51. The van der Waals surface area contributed by atoms with Crippen molar-refractivity contribution in [2.45, 2.75) is 45.7 Å². The molecule has 0 fully saturated rings. The quantitative estimate of drug-likeness (QED) is 0.815. The van der Waals surface area contributed by atoms with Crippen LogP contribution in [0.15, 0.2) is 18.2 Å². The second-order valence-corrected chi connectivity index (χ2v) is 16.4. The third-order valence-electron chi connectivity index (χ3n) is 2.52. The molecule has 0 spiro atoms. The van der Waals surface area contributed by atoms with Crippen LogP contribution in [-0.4, -0.2) is 29.6 Å². The van der Waals surface area contributed by atoms with E-state index in [2.05, 4.69) is 44.3 Å². The Morgan fingerprint density at radius 1 is 1.10 bits per heavy atom. The molecule has 1 amide bonds. The van der Waals surface area contributed by atoms with Crippen molar-refractivity contribution in [3.8, 4) is 11.5 Å². The summed E-state index contributed by atoms with van der Waals surface area (Å²) in [5, 5.41) is 0. The molecular weight excluding hydrogens is 298 g/mol. The van der Waals surface area contributed by atoms with E-state index in [-0.39, 0.29) is 5.91 Å². The number of carbonyl (C=O) groups excluding carboxylic acids is 1. The van der Waals surface area contributed by atoms with Crippen molar-refractivity contribution in [1.29, 1.82) is 0 Å². The molecule has 0 saturated carbocycles. The SMILES string of the molecule is COc1cc(CC(=O)N[Si](C)(C)C)ccc1O[Si](C)(C)C. The smallest absolute Gasteiger partial charge is 0.242 e. The van der Waals surface area contributed by atoms with Crippen LogP contribution in [0.2, 0.25) is 39.3 Å². The van der Waals surface area contributed by atoms with Gasteiger partial charge in [0.1, 0.15) is 14.0 Å². The topological polar surface area (TPSA) is 47.6 Å². The summed E-state index contributed by atoms with van der Waals surface area (Å²) >= 11 is 0. The third-order valence-corrected chi connectivity index (χ3v) is 4.38. The Balaban J connectivity index is 2.85. The summed E-state index contributed by atoms with van der Waals surface area (Å²) in [5.41, 5.74) is 0.936. The standard InChI is InChI=1S/C15H27NO3Si2/c1-18-14-10-12(11-15(17)16-20(2,3)4)8-9-13(14)19-21(5,6)7/h8-10H,11H2,1-7H3,(H,16,17). The first-order chi connectivity index (χ1) is 9.50. The van der Waals surface area contributed by atoms with Gasteiger partial charge in [0.15, 0.2) is 5.75 Å². The average Bonchev–Trinajstić information content (AvgIpc) is 2.26. The Bertz CT molecular complexity index is 505. The van der Waals surface area contributed by atoms with E-state index in [1.54, 1.807) is 7.11 Å². The van der Waals surface area contributed by atoms with E-state index in [0.29, 0.717) is 12.2 Å². The van der Waals surface area contributed by atoms with Crippen molar-refractivity contribution in [2.75, 3.05) is 7.11 Å². The van der Waals surface area contributed by atoms with E-state index in [1.807, 2.05) is 18.2 Å². The number of ether oxygens (including phenoxy) is 1. The van der Waals surface area contributed by atoms with Crippen LogP contribution < -0.4 is 14.1 Å². The first kappa shape index (κ1) is 17.8. The fourth-order valence-electron chi connectivity index (χ4n) is 1.88. The van der Waals surface area contributed by atoms with Crippen LogP contribution in [0.1, 0.15) is 5.56 Å². The molecule has 1 aromatic rings. The molecule has 0 aliphatic rings. The van der Waals surface area contributed by atoms with E-state index in [9.17, 15) is 4.79 Å². The highest BCUT2D eigenvalue weighted by molar-refractivity contribution is 6.75. The summed E-state index contributed by atoms with van der Waals surface area (Å²) in [6.07, 6.45) is 0.369. The van der Waals surface area contributed by atoms with Crippen molar-refractivity contribution in [3.05, 3.63) is 23.8 Å². The molecule has 0 aliphatic carbocycles. The molecule has 0 atom stereocenters. The molecule has 1 N–H and O–H groups in total. The predicted octanol–water partition coefficient (Wildman–Crippen LogP) is 3.40. The molecular formula is C15H27NO3Si2. The van der Waals surface area contributed by atoms with Crippen LogP contribution >= 0.6 is 0 Å². The van der Waals surface area contributed by atoms with E-state index in [0.717, 1.165) is 11.3 Å². The van der Waals surface area contributed by atoms with Gasteiger partial charge in [0.2, 0.25) is 14.2 Å². The van der Waals surface area contributed by atoms with Gasteiger partial charge < -0.3 is 14.1 Å². The maximum absolute atomic E-state index is 12.0. The number of hydrogen-bond donors (Lipinski definition) is 1. The molecule has 1 rings (SSSR count). The van der Waals surface area contributed by atoms with Crippen molar-refractivity contribution in [1.82, 2.24) is 4.98 Å². The molecule has 21 heavy (non-hydrogen) atoms. The van der Waals surface area contributed by atoms with Gasteiger partial charge in [-0.3, -0.25) is 4.79 Å². The number of methoxy groups -OCH3 is 1. The minimum atomic E-state index is -1.68. The minimum absolute atomic E-state index is 0.0649. The lowest BCUT2D eigenvalue weighted by Crippen LogP contribution is -2.45. The van der Waals surface area contributed by atoms with Gasteiger partial charge in [-0.25, -0.2) is 0 Å². The van der Waals surface area contributed by atoms with Crippen molar-refractivity contribution in [2.24, 2.45) is 0 Å². The second kappa shape index (κ2) is 6.66. The lowest BCUT2D eigenvalue weighted by molar-refractivity contribution is -0.118. The second-order valence-electron chi connectivity index (χ2n) is 7.17. The molecule has 0 saturated heterocycles. The van der Waals surface area contributed by atoms with Crippen LogP contribution in [0.4, 0.5) is 0 Å². The van der Waals surface area contributed by atoms with Gasteiger partial charge in [0.05, 0.1) is 13.5 Å². The molecule has 0 bridgehead atoms. The highest BCUT2D eigenvalue weighted by atomic mass is 28.4. The van der Waals surface area contributed by atoms with Gasteiger partial charge in [-0.1, -0.05) is 25.7 Å². The molecule has 0 unspecified atom stereocenters. The molecule has 118 valence electrons. The Morgan fingerprint density at radius 3 is 2.19 bits per heavy atom. The molecule has 4 nitrogen and oxygen atoms in total. The van der Waals surface area contributed by atoms with Crippen molar-refractivity contribution >= 4 is 22.5 Å². The number of rotatable bonds is 6. The fourth-order valence-corrected chi connectivity index (χ4v) is 3.64. The van der Waals surface area contributed by atoms with Gasteiger partial charge in [-0.15, -0.1) is 0 Å². The number of carbonyl (C=O) groups is 1. The van der Waals surface area contributed by atoms with Gasteiger partial charge in [-0.05, 0) is 37.3 Å². The fraction of sp³-hybridized carbons (Fsp3) is 0.533. The largest absolute Gasteiger partial charge is 0.542 e. The Hall–Kier alpha value is -1.28. The lowest BCUT2D eigenvalue weighted by Gasteiger charge is -2.22. The average molecular weight is 326 g/mol. The van der Waals surface area contributed by atoms with Crippen LogP contribution in [0.5, 0.6) is 11.5 Å². The summed E-state index contributed by atoms with van der Waals surface area (Å²) in [4.78, 5) is 15.1. The number of hydrogen-bond acceptors (Lipinski definition) is 3. The third kappa shape index (κ3) is 6.81. The normalized spacial score (nSPS) is 12.0. The highest BCUT2D eigenvalue weighted by Crippen LogP contribution is 2.30. The predicted molar refractivity (Wildman–Crippen MR) is 92.2 cm³/mol. The number of amides is 1. The molecule has 0 radical (unpaired) electrons. The molecule has 6 heteroatoms. The van der Waals surface area contributed by atoms with Crippen molar-refractivity contribution in [3.63, 3.8) is 0 Å². The van der Waals surface area contributed by atoms with Crippen LogP contribution in [0, 0.1) is 0 Å². The summed E-state index contributed by atoms with van der Waals surface area (Å²) in [6.45, 7) is 12.7. The van der Waals surface area contributed by atoms with Crippen LogP contribution in [-0.2, 0) is 11.2 Å². The monoisotopic (exact) mass is 325 g/mol. The zero-order chi connectivity index (χ0) is 16.3. The summed E-state index contributed by atoms with van der Waals surface area (Å²) < 4.78 is 11.4. The zero-order valence-corrected chi connectivity index (χ0v) is 16.2. The minimum Gasteiger partial charge on any atom is -0.542 e. The lowest BCUT2D eigenvalue weighted by atomic mass is 10.1. The Morgan fingerprint density at radius 2 is 1.71 bits per heavy atom. The number of nitrogens with one attached hydrogen (secondary N) is 1. The van der Waals surface area contributed by atoms with E-state index in [4.69, 9.17) is 9.16 Å². The Labute approximate surface area is 130 Å². The van der Waals surface area contributed by atoms with E-state index < -0.39 is 16.6 Å². The highest BCUT2D eigenvalue weighted by Gasteiger charge is 2.20. The molecule has 1 aromatic carbocycles. The van der Waals surface area contributed by atoms with Gasteiger partial charge in [-0.2, -0.15) is 0 Å². The summed E-state index contributed by atoms with van der Waals surface area (Å²) in [6, 6.07) is 5.72. The van der Waals surface area contributed by atoms with Crippen LogP contribution in [0.25, 0.3) is 0 Å². The van der Waals surface area contributed by atoms with Crippen LogP contribution in [0.3, 0.4) is 0 Å². The Kier molecular flexibility index (Phi) is 5.63. The van der Waals surface area contributed by atoms with E-state index in [1.165, 1.54) is 0 Å². The van der Waals surface area contributed by atoms with Crippen molar-refractivity contribution < 1.29 is 14.0 Å². The van der Waals surface area contributed by atoms with E-state index >= 15 is 0 Å². The maximum Gasteiger partial charge on any atom is 0.242 e. The summed E-state index contributed by atoms with van der Waals surface area (Å²) in [7, 11) is -1.65. The van der Waals surface area contributed by atoms with Gasteiger partial charge in [0, 0.05) is 0 Å². The first-order valence-electron chi connectivity index (χ1n) is 7.17. The number of benzene rings is 1. The zero-order valence-electron chi connectivity index (χ0n) is 14.2. The maximum atomic E-state index is 12.0. The molecule has 0 aliphatic heterocycles. The van der Waals surface area contributed by atoms with Gasteiger partial charge >= 0.3 is 0 Å². The molecule has 0 aromatic heterocycles.